The molecule has 0 radical (unpaired) electrons. The van der Waals surface area contributed by atoms with E-state index < -0.39 is 91.5 Å². The molecule has 0 aliphatic heterocycles. The monoisotopic (exact) mass is 972 g/mol. The van der Waals surface area contributed by atoms with E-state index in [2.05, 4.69) is 41.2 Å². The fraction of sp³-hybridized carbons (Fsp3) is 0.512. The van der Waals surface area contributed by atoms with E-state index in [0.717, 1.165) is 0 Å². The van der Waals surface area contributed by atoms with Gasteiger partial charge in [-0.1, -0.05) is 0 Å². The van der Waals surface area contributed by atoms with Crippen LogP contribution in [-0.4, -0.2) is 163 Å². The number of rotatable bonds is 35. The Hall–Kier alpha value is -7.56. The van der Waals surface area contributed by atoms with Crippen molar-refractivity contribution in [3.63, 3.8) is 0 Å². The van der Waals surface area contributed by atoms with Gasteiger partial charge in [-0.2, -0.15) is 0 Å². The van der Waals surface area contributed by atoms with Gasteiger partial charge in [-0.25, -0.2) is 19.9 Å². The largest absolute Gasteiger partial charge is 0.463 e. The van der Waals surface area contributed by atoms with Crippen LogP contribution < -0.4 is 21.3 Å². The SMILES string of the molecule is CC(OCCOC(=O)CC(=O)NCn1ccnc1)C(OCCOC(=O)CC(=O)NCn1ccnc1)C(COCCOC(=O)CC(=O)NCn1ccnc1)OCCOC(=O)CC(=O)NCn1ccnc1. The highest BCUT2D eigenvalue weighted by Gasteiger charge is 2.31. The lowest BCUT2D eigenvalue weighted by Crippen LogP contribution is -2.45. The van der Waals surface area contributed by atoms with Gasteiger partial charge in [-0.15, -0.1) is 0 Å². The van der Waals surface area contributed by atoms with E-state index in [1.165, 1.54) is 50.1 Å². The van der Waals surface area contributed by atoms with Crippen molar-refractivity contribution >= 4 is 47.5 Å². The molecule has 0 fully saturated rings. The maximum absolute atomic E-state index is 12.5. The number of carbonyl (C=O) groups is 8. The fourth-order valence-corrected chi connectivity index (χ4v) is 5.59. The lowest BCUT2D eigenvalue weighted by molar-refractivity contribution is -0.173. The molecule has 3 unspecified atom stereocenters. The van der Waals surface area contributed by atoms with Gasteiger partial charge in [0.2, 0.25) is 23.6 Å². The molecule has 0 spiro atoms. The van der Waals surface area contributed by atoms with Gasteiger partial charge in [0.1, 0.15) is 64.3 Å². The highest BCUT2D eigenvalue weighted by atomic mass is 16.6. The van der Waals surface area contributed by atoms with Crippen LogP contribution in [0.4, 0.5) is 0 Å². The molecule has 0 bridgehead atoms. The van der Waals surface area contributed by atoms with Crippen molar-refractivity contribution in [2.75, 3.05) is 59.5 Å². The molecule has 69 heavy (non-hydrogen) atoms. The minimum atomic E-state index is -1.04. The number of nitrogens with zero attached hydrogens (tertiary/aromatic N) is 8. The van der Waals surface area contributed by atoms with E-state index in [4.69, 9.17) is 37.9 Å². The molecule has 0 aliphatic carbocycles. The van der Waals surface area contributed by atoms with Crippen molar-refractivity contribution in [1.82, 2.24) is 59.5 Å². The fourth-order valence-electron chi connectivity index (χ4n) is 5.59. The second-order valence-electron chi connectivity index (χ2n) is 14.3. The Morgan fingerprint density at radius 2 is 0.754 bits per heavy atom. The maximum atomic E-state index is 12.5. The zero-order chi connectivity index (χ0) is 49.5. The predicted molar refractivity (Wildman–Crippen MR) is 229 cm³/mol. The smallest absolute Gasteiger partial charge is 0.315 e. The quantitative estimate of drug-likeness (QED) is 0.0164. The third-order valence-corrected chi connectivity index (χ3v) is 8.96. The van der Waals surface area contributed by atoms with Crippen LogP contribution in [0.25, 0.3) is 0 Å². The number of amides is 4. The molecule has 0 saturated heterocycles. The Balaban J connectivity index is 1.31. The van der Waals surface area contributed by atoms with Crippen LogP contribution in [0, 0.1) is 0 Å². The average molecular weight is 973 g/mol. The minimum absolute atomic E-state index is 0.0917. The summed E-state index contributed by atoms with van der Waals surface area (Å²) in [6.07, 6.45) is 13.4. The third-order valence-electron chi connectivity index (χ3n) is 8.96. The summed E-state index contributed by atoms with van der Waals surface area (Å²) in [6, 6.07) is 0. The molecule has 4 aromatic rings. The number of aromatic nitrogens is 8. The van der Waals surface area contributed by atoms with Crippen molar-refractivity contribution in [2.45, 2.75) is 77.6 Å². The number of imidazole rings is 4. The first-order chi connectivity index (χ1) is 33.4. The molecule has 0 saturated carbocycles. The van der Waals surface area contributed by atoms with Crippen molar-refractivity contribution in [2.24, 2.45) is 0 Å². The Morgan fingerprint density at radius 1 is 0.435 bits per heavy atom. The molecule has 28 heteroatoms. The number of nitrogens with one attached hydrogen (secondary N) is 4. The molecule has 4 aromatic heterocycles. The van der Waals surface area contributed by atoms with Crippen molar-refractivity contribution in [1.29, 1.82) is 0 Å². The van der Waals surface area contributed by atoms with Crippen LogP contribution in [-0.2, 0) is 103 Å². The topological polar surface area (TPSA) is 330 Å². The van der Waals surface area contributed by atoms with E-state index in [0.29, 0.717) is 0 Å². The van der Waals surface area contributed by atoms with Gasteiger partial charge in [0.15, 0.2) is 0 Å². The molecule has 4 heterocycles. The zero-order valence-electron chi connectivity index (χ0n) is 37.8. The highest BCUT2D eigenvalue weighted by Crippen LogP contribution is 2.14. The third kappa shape index (κ3) is 23.6. The maximum Gasteiger partial charge on any atom is 0.315 e. The van der Waals surface area contributed by atoms with Gasteiger partial charge in [-0.3, -0.25) is 38.4 Å². The summed E-state index contributed by atoms with van der Waals surface area (Å²) in [5.74, 6) is -5.62. The Kier molecular flexibility index (Phi) is 24.6. The zero-order valence-corrected chi connectivity index (χ0v) is 37.8. The Labute approximate surface area is 394 Å². The van der Waals surface area contributed by atoms with E-state index >= 15 is 0 Å². The Bertz CT molecular complexity index is 2140. The molecule has 0 aliphatic rings. The molecular formula is C41H56N12O16. The Morgan fingerprint density at radius 3 is 1.09 bits per heavy atom. The molecule has 4 N–H and O–H groups in total. The summed E-state index contributed by atoms with van der Waals surface area (Å²) in [6.45, 7) is -0.197. The van der Waals surface area contributed by atoms with Gasteiger partial charge >= 0.3 is 23.9 Å². The summed E-state index contributed by atoms with van der Waals surface area (Å²) >= 11 is 0. The standard InChI is InChI=1S/C41H56N12O16/c1-31(63-12-14-66-38(59)19-34(55)47-28-51-7-3-43-24-51)41(69-17-16-68-40(61)21-36(57)49-30-53-9-5-45-26-53)32(64-13-15-67-39(60)20-35(56)48-29-52-8-4-44-25-52)22-62-10-11-65-37(58)18-33(54)46-27-50-6-2-42-23-50/h2-9,23-26,31-32,41H,10-22,27-30H2,1H3,(H,46,54)(H,47,55)(H,48,56)(H,49,57). The van der Waals surface area contributed by atoms with Crippen molar-refractivity contribution < 1.29 is 76.3 Å². The average Bonchev–Trinajstić information content (AvgIpc) is 4.19. The molecule has 3 atom stereocenters. The second-order valence-corrected chi connectivity index (χ2v) is 14.3. The van der Waals surface area contributed by atoms with E-state index in [1.54, 1.807) is 50.0 Å². The van der Waals surface area contributed by atoms with Crippen LogP contribution in [0.15, 0.2) is 74.9 Å². The molecule has 4 amide bonds. The van der Waals surface area contributed by atoms with Crippen LogP contribution >= 0.6 is 0 Å². The van der Waals surface area contributed by atoms with Crippen LogP contribution in [0.3, 0.4) is 0 Å². The summed E-state index contributed by atoms with van der Waals surface area (Å²) in [7, 11) is 0. The normalized spacial score (nSPS) is 12.2. The number of esters is 4. The minimum Gasteiger partial charge on any atom is -0.463 e. The van der Waals surface area contributed by atoms with Crippen LogP contribution in [0.1, 0.15) is 32.6 Å². The van der Waals surface area contributed by atoms with Crippen molar-refractivity contribution in [3.8, 4) is 0 Å². The summed E-state index contributed by atoms with van der Waals surface area (Å²) in [5.41, 5.74) is 0. The summed E-state index contributed by atoms with van der Waals surface area (Å²) in [4.78, 5) is 114. The number of ether oxygens (including phenoxy) is 8. The lowest BCUT2D eigenvalue weighted by Gasteiger charge is -2.31. The second kappa shape index (κ2) is 31.4. The first-order valence-corrected chi connectivity index (χ1v) is 21.4. The van der Waals surface area contributed by atoms with Gasteiger partial charge < -0.3 is 77.4 Å². The van der Waals surface area contributed by atoms with Crippen molar-refractivity contribution in [3.05, 3.63) is 74.9 Å². The predicted octanol–water partition coefficient (Wildman–Crippen LogP) is -2.21. The number of carbonyl (C=O) groups excluding carboxylic acids is 8. The molecular weight excluding hydrogens is 917 g/mol. The summed E-state index contributed by atoms with van der Waals surface area (Å²) < 4.78 is 51.0. The first kappa shape index (κ1) is 54.0. The highest BCUT2D eigenvalue weighted by molar-refractivity contribution is 5.95. The molecule has 0 aromatic carbocycles. The van der Waals surface area contributed by atoms with Gasteiger partial charge in [0.25, 0.3) is 0 Å². The molecule has 376 valence electrons. The van der Waals surface area contributed by atoms with Crippen LogP contribution in [0.2, 0.25) is 0 Å². The number of hydrogen-bond donors (Lipinski definition) is 4. The number of hydrogen-bond acceptors (Lipinski definition) is 20. The summed E-state index contributed by atoms with van der Waals surface area (Å²) in [5, 5.41) is 10.2. The molecule has 4 rings (SSSR count). The molecule has 28 nitrogen and oxygen atoms in total. The van der Waals surface area contributed by atoms with Gasteiger partial charge in [0.05, 0.1) is 91.1 Å². The van der Waals surface area contributed by atoms with Gasteiger partial charge in [-0.05, 0) is 6.92 Å². The van der Waals surface area contributed by atoms with E-state index in [-0.39, 0.29) is 86.1 Å². The first-order valence-electron chi connectivity index (χ1n) is 21.4. The van der Waals surface area contributed by atoms with E-state index in [1.807, 2.05) is 0 Å². The lowest BCUT2D eigenvalue weighted by atomic mass is 10.1. The van der Waals surface area contributed by atoms with E-state index in [9.17, 15) is 38.4 Å². The van der Waals surface area contributed by atoms with Crippen LogP contribution in [0.5, 0.6) is 0 Å². The van der Waals surface area contributed by atoms with Gasteiger partial charge in [0, 0.05) is 49.6 Å².